The standard InChI is InChI=1S/C25H27N3O2/c29-25-22-8-3-4-9-23(22)26-24(21-11-10-19-6-1-2-7-20(19)18-21)28(25)13-5-12-27-14-16-30-17-15-27/h1-4,6-11,18,24,26H,5,12-17H2/t24-/m0/s1. The Morgan fingerprint density at radius 3 is 2.53 bits per heavy atom. The molecule has 1 amide bonds. The fraction of sp³-hybridized carbons (Fsp3) is 0.320. The fourth-order valence-electron chi connectivity index (χ4n) is 4.45. The molecule has 0 aliphatic carbocycles. The largest absolute Gasteiger partial charge is 0.379 e. The number of carbonyl (C=O) groups is 1. The number of hydrogen-bond acceptors (Lipinski definition) is 4. The van der Waals surface area contributed by atoms with Crippen molar-refractivity contribution in [3.05, 3.63) is 77.9 Å². The van der Waals surface area contributed by atoms with Gasteiger partial charge in [0.05, 0.1) is 18.8 Å². The van der Waals surface area contributed by atoms with Gasteiger partial charge in [0.2, 0.25) is 0 Å². The predicted molar refractivity (Wildman–Crippen MR) is 120 cm³/mol. The van der Waals surface area contributed by atoms with Crippen molar-refractivity contribution < 1.29 is 9.53 Å². The van der Waals surface area contributed by atoms with E-state index in [2.05, 4.69) is 52.7 Å². The molecule has 0 spiro atoms. The summed E-state index contributed by atoms with van der Waals surface area (Å²) in [5, 5.41) is 6.02. The monoisotopic (exact) mass is 401 g/mol. The van der Waals surface area contributed by atoms with Gasteiger partial charge in [0.1, 0.15) is 6.17 Å². The molecule has 0 aromatic heterocycles. The summed E-state index contributed by atoms with van der Waals surface area (Å²) in [4.78, 5) is 17.8. The normalized spacial score (nSPS) is 19.5. The molecule has 0 unspecified atom stereocenters. The van der Waals surface area contributed by atoms with Gasteiger partial charge in [-0.25, -0.2) is 0 Å². The van der Waals surface area contributed by atoms with Gasteiger partial charge in [-0.2, -0.15) is 0 Å². The van der Waals surface area contributed by atoms with Crippen LogP contribution in [-0.2, 0) is 4.74 Å². The molecule has 3 aromatic rings. The highest BCUT2D eigenvalue weighted by Crippen LogP contribution is 2.34. The van der Waals surface area contributed by atoms with Crippen molar-refractivity contribution in [3.63, 3.8) is 0 Å². The Morgan fingerprint density at radius 2 is 1.67 bits per heavy atom. The van der Waals surface area contributed by atoms with E-state index in [0.29, 0.717) is 0 Å². The molecule has 154 valence electrons. The lowest BCUT2D eigenvalue weighted by molar-refractivity contribution is 0.0348. The first-order valence-electron chi connectivity index (χ1n) is 10.7. The second-order valence-electron chi connectivity index (χ2n) is 8.01. The zero-order chi connectivity index (χ0) is 20.3. The molecule has 3 aromatic carbocycles. The molecular formula is C25H27N3O2. The molecule has 5 rings (SSSR count). The Labute approximate surface area is 177 Å². The number of amides is 1. The number of nitrogens with one attached hydrogen (secondary N) is 1. The molecule has 30 heavy (non-hydrogen) atoms. The molecular weight excluding hydrogens is 374 g/mol. The van der Waals surface area contributed by atoms with E-state index >= 15 is 0 Å². The Hall–Kier alpha value is -2.89. The minimum absolute atomic E-state index is 0.101. The summed E-state index contributed by atoms with van der Waals surface area (Å²) in [5.41, 5.74) is 2.77. The number of nitrogens with zero attached hydrogens (tertiary/aromatic N) is 2. The maximum Gasteiger partial charge on any atom is 0.257 e. The number of anilines is 1. The summed E-state index contributed by atoms with van der Waals surface area (Å²) in [5.74, 6) is 0.101. The second kappa shape index (κ2) is 8.46. The zero-order valence-electron chi connectivity index (χ0n) is 17.1. The number of rotatable bonds is 5. The van der Waals surface area contributed by atoms with Crippen LogP contribution in [0.15, 0.2) is 66.7 Å². The van der Waals surface area contributed by atoms with E-state index in [4.69, 9.17) is 4.74 Å². The minimum atomic E-state index is -0.165. The van der Waals surface area contributed by atoms with Gasteiger partial charge >= 0.3 is 0 Å². The van der Waals surface area contributed by atoms with Crippen molar-refractivity contribution in [2.24, 2.45) is 0 Å². The average Bonchev–Trinajstić information content (AvgIpc) is 2.81. The summed E-state index contributed by atoms with van der Waals surface area (Å²) < 4.78 is 5.45. The predicted octanol–water partition coefficient (Wildman–Crippen LogP) is 4.13. The van der Waals surface area contributed by atoms with E-state index < -0.39 is 0 Å². The molecule has 2 heterocycles. The third-order valence-corrected chi connectivity index (χ3v) is 6.09. The third-order valence-electron chi connectivity index (χ3n) is 6.09. The molecule has 1 fully saturated rings. The van der Waals surface area contributed by atoms with Crippen molar-refractivity contribution in [1.82, 2.24) is 9.80 Å². The maximum absolute atomic E-state index is 13.4. The summed E-state index contributed by atoms with van der Waals surface area (Å²) in [6.07, 6.45) is 0.779. The zero-order valence-corrected chi connectivity index (χ0v) is 17.1. The molecule has 5 heteroatoms. The molecule has 0 bridgehead atoms. The average molecular weight is 402 g/mol. The minimum Gasteiger partial charge on any atom is -0.379 e. The van der Waals surface area contributed by atoms with Gasteiger partial charge in [-0.1, -0.05) is 48.5 Å². The van der Waals surface area contributed by atoms with Crippen molar-refractivity contribution in [2.45, 2.75) is 12.6 Å². The van der Waals surface area contributed by atoms with Crippen LogP contribution in [0, 0.1) is 0 Å². The highest BCUT2D eigenvalue weighted by atomic mass is 16.5. The van der Waals surface area contributed by atoms with E-state index in [1.54, 1.807) is 0 Å². The molecule has 2 aliphatic heterocycles. The van der Waals surface area contributed by atoms with Crippen molar-refractivity contribution in [3.8, 4) is 0 Å². The van der Waals surface area contributed by atoms with E-state index in [9.17, 15) is 4.79 Å². The van der Waals surface area contributed by atoms with Gasteiger partial charge in [0.25, 0.3) is 5.91 Å². The van der Waals surface area contributed by atoms with Crippen LogP contribution in [0.3, 0.4) is 0 Å². The number of carbonyl (C=O) groups excluding carboxylic acids is 1. The van der Waals surface area contributed by atoms with E-state index in [1.807, 2.05) is 29.2 Å². The smallest absolute Gasteiger partial charge is 0.257 e. The van der Waals surface area contributed by atoms with E-state index in [1.165, 1.54) is 10.8 Å². The van der Waals surface area contributed by atoms with Crippen molar-refractivity contribution in [1.29, 1.82) is 0 Å². The third kappa shape index (κ3) is 3.78. The molecule has 0 radical (unpaired) electrons. The first-order valence-corrected chi connectivity index (χ1v) is 10.7. The molecule has 1 atom stereocenters. The Morgan fingerprint density at radius 1 is 0.900 bits per heavy atom. The maximum atomic E-state index is 13.4. The lowest BCUT2D eigenvalue weighted by Crippen LogP contribution is -2.44. The van der Waals surface area contributed by atoms with Crippen LogP contribution >= 0.6 is 0 Å². The first-order chi connectivity index (χ1) is 14.8. The van der Waals surface area contributed by atoms with Gasteiger partial charge in [-0.05, 0) is 41.0 Å². The number of fused-ring (bicyclic) bond motifs is 2. The number of hydrogen-bond donors (Lipinski definition) is 1. The fourth-order valence-corrected chi connectivity index (χ4v) is 4.45. The van der Waals surface area contributed by atoms with E-state index in [0.717, 1.165) is 62.6 Å². The topological polar surface area (TPSA) is 44.8 Å². The molecule has 1 saturated heterocycles. The summed E-state index contributed by atoms with van der Waals surface area (Å²) in [7, 11) is 0. The SMILES string of the molecule is O=C1c2ccccc2N[C@H](c2ccc3ccccc3c2)N1CCCN1CCOCC1. The number of benzene rings is 3. The van der Waals surface area contributed by atoms with Crippen LogP contribution in [0.1, 0.15) is 28.5 Å². The summed E-state index contributed by atoms with van der Waals surface area (Å²) in [6, 6.07) is 22.6. The number of morpholine rings is 1. The number of ether oxygens (including phenoxy) is 1. The van der Waals surface area contributed by atoms with Crippen molar-refractivity contribution in [2.75, 3.05) is 44.7 Å². The molecule has 1 N–H and O–H groups in total. The van der Waals surface area contributed by atoms with Crippen LogP contribution in [0.2, 0.25) is 0 Å². The second-order valence-corrected chi connectivity index (χ2v) is 8.01. The van der Waals surface area contributed by atoms with Gasteiger partial charge in [0.15, 0.2) is 0 Å². The van der Waals surface area contributed by atoms with Crippen molar-refractivity contribution >= 4 is 22.4 Å². The highest BCUT2D eigenvalue weighted by molar-refractivity contribution is 6.01. The lowest BCUT2D eigenvalue weighted by atomic mass is 10.0. The van der Waals surface area contributed by atoms with Gasteiger partial charge in [0, 0.05) is 31.9 Å². The molecule has 0 saturated carbocycles. The highest BCUT2D eigenvalue weighted by Gasteiger charge is 2.32. The Bertz CT molecular complexity index is 1050. The summed E-state index contributed by atoms with van der Waals surface area (Å²) in [6.45, 7) is 5.26. The molecule has 5 nitrogen and oxygen atoms in total. The quantitative estimate of drug-likeness (QED) is 0.698. The number of para-hydroxylation sites is 1. The Kier molecular flexibility index (Phi) is 5.39. The Balaban J connectivity index is 1.42. The van der Waals surface area contributed by atoms with Gasteiger partial charge in [-0.15, -0.1) is 0 Å². The summed E-state index contributed by atoms with van der Waals surface area (Å²) >= 11 is 0. The van der Waals surface area contributed by atoms with E-state index in [-0.39, 0.29) is 12.1 Å². The van der Waals surface area contributed by atoms with Crippen LogP contribution in [-0.4, -0.2) is 55.1 Å². The first kappa shape index (κ1) is 19.1. The molecule has 2 aliphatic rings. The van der Waals surface area contributed by atoms with Gasteiger partial charge in [-0.3, -0.25) is 9.69 Å². The van der Waals surface area contributed by atoms with Crippen LogP contribution < -0.4 is 5.32 Å². The van der Waals surface area contributed by atoms with Crippen LogP contribution in [0.5, 0.6) is 0 Å². The van der Waals surface area contributed by atoms with Crippen LogP contribution in [0.4, 0.5) is 5.69 Å². The van der Waals surface area contributed by atoms with Crippen LogP contribution in [0.25, 0.3) is 10.8 Å². The van der Waals surface area contributed by atoms with Gasteiger partial charge < -0.3 is 15.0 Å². The lowest BCUT2D eigenvalue weighted by Gasteiger charge is -2.39.